The lowest BCUT2D eigenvalue weighted by Crippen LogP contribution is -2.60. The highest BCUT2D eigenvalue weighted by Gasteiger charge is 2.45. The van der Waals surface area contributed by atoms with Gasteiger partial charge in [-0.05, 0) is 24.6 Å². The maximum atomic E-state index is 13.1. The lowest BCUT2D eigenvalue weighted by atomic mass is 9.80. The van der Waals surface area contributed by atoms with Gasteiger partial charge in [0.2, 0.25) is 6.29 Å². The number of aliphatic hydroxyl groups excluding tert-OH is 4. The van der Waals surface area contributed by atoms with Gasteiger partial charge in [0.15, 0.2) is 11.6 Å². The van der Waals surface area contributed by atoms with Gasteiger partial charge in [-0.15, -0.1) is 0 Å². The van der Waals surface area contributed by atoms with Crippen LogP contribution in [0, 0.1) is 6.92 Å². The molecule has 1 heterocycles. The van der Waals surface area contributed by atoms with Crippen LogP contribution in [0.25, 0.3) is 0 Å². The van der Waals surface area contributed by atoms with Crippen LogP contribution in [-0.4, -0.2) is 90.6 Å². The molecule has 2 aromatic rings. The van der Waals surface area contributed by atoms with E-state index in [0.29, 0.717) is 0 Å². The second-order valence-corrected chi connectivity index (χ2v) is 7.96. The summed E-state index contributed by atoms with van der Waals surface area (Å²) in [5.41, 5.74) is -1.98. The largest absolute Gasteiger partial charge is 0.507 e. The number of aromatic hydroxyl groups is 2. The number of aromatic carboxylic acids is 1. The molecular formula is C22H20O12. The van der Waals surface area contributed by atoms with Crippen LogP contribution in [0.1, 0.15) is 47.8 Å². The van der Waals surface area contributed by atoms with Gasteiger partial charge in [-0.2, -0.15) is 0 Å². The molecule has 0 spiro atoms. The summed E-state index contributed by atoms with van der Waals surface area (Å²) in [5, 5.41) is 69.2. The summed E-state index contributed by atoms with van der Waals surface area (Å²) in [4.78, 5) is 37.7. The molecule has 1 aliphatic heterocycles. The first-order valence-electron chi connectivity index (χ1n) is 10.0. The van der Waals surface area contributed by atoms with Crippen LogP contribution in [0.2, 0.25) is 0 Å². The van der Waals surface area contributed by atoms with Gasteiger partial charge in [0.05, 0.1) is 12.2 Å². The second-order valence-electron chi connectivity index (χ2n) is 7.96. The number of hydrogen-bond acceptors (Lipinski definition) is 11. The highest BCUT2D eigenvalue weighted by Crippen LogP contribution is 2.40. The summed E-state index contributed by atoms with van der Waals surface area (Å²) in [5.74, 6) is -4.82. The fraction of sp³-hybridized carbons (Fsp3) is 0.318. The van der Waals surface area contributed by atoms with Crippen molar-refractivity contribution in [1.29, 1.82) is 0 Å². The Bertz CT molecular complexity index is 1220. The number of ether oxygens (including phenoxy) is 2. The first kappa shape index (κ1) is 23.6. The van der Waals surface area contributed by atoms with Crippen molar-refractivity contribution in [2.24, 2.45) is 0 Å². The van der Waals surface area contributed by atoms with E-state index in [1.165, 1.54) is 6.92 Å². The summed E-state index contributed by atoms with van der Waals surface area (Å²) in [6.45, 7) is 0.553. The topological polar surface area (TPSA) is 211 Å². The minimum absolute atomic E-state index is 0.146. The SMILES string of the molecule is Cc1c(C(=O)O)c(O)cc2c1C(=O)c1c(O)cc(O[C@@H]3O[C@H](CO)[C@@H](O)[C@H](O)[C@H]3O)cc1C2=O. The van der Waals surface area contributed by atoms with Crippen LogP contribution in [0.3, 0.4) is 0 Å². The Morgan fingerprint density at radius 1 is 0.941 bits per heavy atom. The number of carboxylic acid groups (broad SMARTS) is 1. The molecule has 0 unspecified atom stereocenters. The lowest BCUT2D eigenvalue weighted by Gasteiger charge is -2.39. The van der Waals surface area contributed by atoms with Crippen molar-refractivity contribution in [3.63, 3.8) is 0 Å². The van der Waals surface area contributed by atoms with Crippen LogP contribution in [0.4, 0.5) is 0 Å². The molecule has 1 saturated heterocycles. The van der Waals surface area contributed by atoms with Gasteiger partial charge >= 0.3 is 5.97 Å². The van der Waals surface area contributed by atoms with E-state index >= 15 is 0 Å². The first-order chi connectivity index (χ1) is 16.0. The van der Waals surface area contributed by atoms with Crippen molar-refractivity contribution in [2.75, 3.05) is 6.61 Å². The third kappa shape index (κ3) is 3.48. The first-order valence-corrected chi connectivity index (χ1v) is 10.0. The van der Waals surface area contributed by atoms with Crippen molar-refractivity contribution in [3.8, 4) is 17.2 Å². The van der Waals surface area contributed by atoms with Crippen molar-refractivity contribution in [2.45, 2.75) is 37.6 Å². The Morgan fingerprint density at radius 3 is 2.21 bits per heavy atom. The molecule has 0 amide bonds. The van der Waals surface area contributed by atoms with E-state index in [-0.39, 0.29) is 28.0 Å². The van der Waals surface area contributed by atoms with Crippen LogP contribution in [0.15, 0.2) is 18.2 Å². The molecule has 1 aliphatic carbocycles. The number of fused-ring (bicyclic) bond motifs is 2. The van der Waals surface area contributed by atoms with E-state index in [4.69, 9.17) is 9.47 Å². The van der Waals surface area contributed by atoms with Crippen molar-refractivity contribution < 1.29 is 59.6 Å². The average Bonchev–Trinajstić information content (AvgIpc) is 2.76. The van der Waals surface area contributed by atoms with Crippen LogP contribution in [-0.2, 0) is 4.74 Å². The zero-order valence-corrected chi connectivity index (χ0v) is 17.5. The summed E-state index contributed by atoms with van der Waals surface area (Å²) >= 11 is 0. The molecule has 4 rings (SSSR count). The van der Waals surface area contributed by atoms with E-state index < -0.39 is 77.5 Å². The Morgan fingerprint density at radius 2 is 1.59 bits per heavy atom. The van der Waals surface area contributed by atoms with E-state index in [0.717, 1.165) is 18.2 Å². The summed E-state index contributed by atoms with van der Waals surface area (Å²) in [6.07, 6.45) is -7.99. The number of rotatable bonds is 4. The summed E-state index contributed by atoms with van der Waals surface area (Å²) < 4.78 is 10.7. The molecule has 1 fully saturated rings. The fourth-order valence-electron chi connectivity index (χ4n) is 4.20. The summed E-state index contributed by atoms with van der Waals surface area (Å²) in [6, 6.07) is 2.87. The lowest BCUT2D eigenvalue weighted by molar-refractivity contribution is -0.277. The van der Waals surface area contributed by atoms with Gasteiger partial charge in [0.25, 0.3) is 0 Å². The molecule has 180 valence electrons. The van der Waals surface area contributed by atoms with Crippen molar-refractivity contribution >= 4 is 17.5 Å². The van der Waals surface area contributed by atoms with Crippen LogP contribution >= 0.6 is 0 Å². The predicted octanol–water partition coefficient (Wildman–Crippen LogP) is -0.941. The number of carboxylic acids is 1. The molecule has 0 aromatic heterocycles. The fourth-order valence-corrected chi connectivity index (χ4v) is 4.20. The highest BCUT2D eigenvalue weighted by atomic mass is 16.7. The number of hydrogen-bond donors (Lipinski definition) is 7. The third-order valence-electron chi connectivity index (χ3n) is 5.91. The number of benzene rings is 2. The quantitative estimate of drug-likeness (QED) is 0.243. The molecule has 12 nitrogen and oxygen atoms in total. The number of aliphatic hydroxyl groups is 4. The van der Waals surface area contributed by atoms with Crippen molar-refractivity contribution in [1.82, 2.24) is 0 Å². The average molecular weight is 476 g/mol. The minimum atomic E-state index is -1.76. The predicted molar refractivity (Wildman–Crippen MR) is 109 cm³/mol. The molecule has 34 heavy (non-hydrogen) atoms. The number of ketones is 2. The second kappa shape index (κ2) is 8.34. The molecular weight excluding hydrogens is 456 g/mol. The Hall–Kier alpha value is -3.55. The van der Waals surface area contributed by atoms with E-state index in [1.807, 2.05) is 0 Å². The number of carbonyl (C=O) groups excluding carboxylic acids is 2. The van der Waals surface area contributed by atoms with Gasteiger partial charge in [-0.3, -0.25) is 9.59 Å². The Labute approximate surface area is 190 Å². The number of carbonyl (C=O) groups is 3. The molecule has 2 aromatic carbocycles. The zero-order chi connectivity index (χ0) is 25.1. The normalized spacial score (nSPS) is 26.1. The van der Waals surface area contributed by atoms with Gasteiger partial charge in [-0.25, -0.2) is 4.79 Å². The van der Waals surface area contributed by atoms with Gasteiger partial charge < -0.3 is 45.2 Å². The highest BCUT2D eigenvalue weighted by molar-refractivity contribution is 6.30. The third-order valence-corrected chi connectivity index (χ3v) is 5.91. The monoisotopic (exact) mass is 476 g/mol. The molecule has 5 atom stereocenters. The van der Waals surface area contributed by atoms with Gasteiger partial charge in [0.1, 0.15) is 47.2 Å². The van der Waals surface area contributed by atoms with Crippen LogP contribution in [0.5, 0.6) is 17.2 Å². The smallest absolute Gasteiger partial charge is 0.339 e. The minimum Gasteiger partial charge on any atom is -0.507 e. The van der Waals surface area contributed by atoms with Crippen LogP contribution < -0.4 is 4.74 Å². The molecule has 12 heteroatoms. The van der Waals surface area contributed by atoms with E-state index in [1.54, 1.807) is 0 Å². The maximum absolute atomic E-state index is 13.1. The number of phenols is 2. The maximum Gasteiger partial charge on any atom is 0.339 e. The number of phenolic OH excluding ortho intramolecular Hbond substituents is 1. The molecule has 0 saturated carbocycles. The molecule has 7 N–H and O–H groups in total. The zero-order valence-electron chi connectivity index (χ0n) is 17.5. The Kier molecular flexibility index (Phi) is 5.79. The van der Waals surface area contributed by atoms with Gasteiger partial charge in [-0.1, -0.05) is 0 Å². The molecule has 2 aliphatic rings. The molecule has 0 bridgehead atoms. The molecule has 0 radical (unpaired) electrons. The Balaban J connectivity index is 1.75. The summed E-state index contributed by atoms with van der Waals surface area (Å²) in [7, 11) is 0. The van der Waals surface area contributed by atoms with E-state index in [9.17, 15) is 50.1 Å². The standard InChI is InChI=1S/C22H20O12/c1-6-13-9(4-11(25)14(6)21(31)32)16(26)8-2-7(3-10(24)15(8)18(13)28)33-22-20(30)19(29)17(27)12(5-23)34-22/h2-4,12,17,19-20,22-25,27,29-30H,5H2,1H3,(H,31,32)/t12-,17-,19+,20-,22-/m1/s1. The van der Waals surface area contributed by atoms with Crippen molar-refractivity contribution in [3.05, 3.63) is 51.6 Å². The van der Waals surface area contributed by atoms with E-state index in [2.05, 4.69) is 0 Å². The van der Waals surface area contributed by atoms with Gasteiger partial charge in [0, 0.05) is 22.8 Å².